The number of carbonyl (C=O) groups excluding carboxylic acids is 1. The van der Waals surface area contributed by atoms with E-state index in [1.165, 1.54) is 0 Å². The Bertz CT molecular complexity index is 974. The summed E-state index contributed by atoms with van der Waals surface area (Å²) in [4.78, 5) is 40.8. The minimum Gasteiger partial charge on any atom is -0.387 e. The summed E-state index contributed by atoms with van der Waals surface area (Å²) >= 11 is 5.60. The molecule has 1 unspecified atom stereocenters. The zero-order valence-electron chi connectivity index (χ0n) is 14.5. The summed E-state index contributed by atoms with van der Waals surface area (Å²) in [5, 5.41) is 11.6. The summed E-state index contributed by atoms with van der Waals surface area (Å²) in [6, 6.07) is 0. The number of rotatable bonds is 6. The van der Waals surface area contributed by atoms with Gasteiger partial charge in [-0.05, 0) is 11.6 Å². The van der Waals surface area contributed by atoms with Crippen molar-refractivity contribution >= 4 is 36.3 Å². The fraction of sp³-hybridized carbons (Fsp3) is 0.538. The predicted molar refractivity (Wildman–Crippen MR) is 91.0 cm³/mol. The van der Waals surface area contributed by atoms with Crippen molar-refractivity contribution in [2.45, 2.75) is 30.5 Å². The molecule has 3 rings (SSSR count). The number of aliphatic hydroxyl groups is 1. The lowest BCUT2D eigenvalue weighted by Crippen LogP contribution is -2.38. The van der Waals surface area contributed by atoms with Crippen molar-refractivity contribution in [1.82, 2.24) is 24.8 Å². The summed E-state index contributed by atoms with van der Waals surface area (Å²) in [6.45, 7) is -0.724. The second kappa shape index (κ2) is 8.14. The Morgan fingerprint density at radius 2 is 2.21 bits per heavy atom. The van der Waals surface area contributed by atoms with Crippen LogP contribution in [0.3, 0.4) is 0 Å². The number of hydrogen-bond donors (Lipinski definition) is 4. The zero-order valence-corrected chi connectivity index (χ0v) is 16.2. The van der Waals surface area contributed by atoms with E-state index >= 15 is 0 Å². The van der Waals surface area contributed by atoms with Crippen molar-refractivity contribution in [3.63, 3.8) is 0 Å². The molecule has 0 aliphatic carbocycles. The first kappa shape index (κ1) is 21.9. The van der Waals surface area contributed by atoms with Crippen LogP contribution in [0, 0.1) is 5.95 Å². The number of aliphatic hydroxyl groups excluding tert-OH is 1. The molecule has 29 heavy (non-hydrogen) atoms. The van der Waals surface area contributed by atoms with Gasteiger partial charge >= 0.3 is 7.60 Å². The highest BCUT2D eigenvalue weighted by atomic mass is 35.5. The van der Waals surface area contributed by atoms with Gasteiger partial charge in [-0.3, -0.25) is 13.9 Å². The molecule has 16 heteroatoms. The number of ether oxygens (including phenoxy) is 2. The van der Waals surface area contributed by atoms with E-state index in [-0.39, 0.29) is 11.2 Å². The van der Waals surface area contributed by atoms with E-state index in [1.54, 1.807) is 0 Å². The smallest absolute Gasteiger partial charge is 0.363 e. The van der Waals surface area contributed by atoms with E-state index < -0.39 is 61.8 Å². The predicted octanol–water partition coefficient (Wildman–Crippen LogP) is -0.518. The van der Waals surface area contributed by atoms with Crippen molar-refractivity contribution in [3.05, 3.63) is 17.6 Å². The second-order valence-corrected chi connectivity index (χ2v) is 7.98. The molecule has 1 fully saturated rings. The number of imidazole rings is 1. The van der Waals surface area contributed by atoms with Gasteiger partial charge in [0.25, 0.3) is 5.91 Å². The minimum atomic E-state index is -5.00. The maximum absolute atomic E-state index is 14.6. The normalized spacial score (nSPS) is 26.0. The van der Waals surface area contributed by atoms with Crippen molar-refractivity contribution in [1.29, 1.82) is 0 Å². The molecule has 0 aromatic carbocycles. The molecule has 0 bridgehead atoms. The number of carbonyl (C=O) groups is 1. The minimum absolute atomic E-state index is 0.192. The van der Waals surface area contributed by atoms with Crippen LogP contribution in [0.2, 0.25) is 5.28 Å². The molecule has 1 aliphatic rings. The van der Waals surface area contributed by atoms with Gasteiger partial charge in [-0.2, -0.15) is 14.4 Å². The highest BCUT2D eigenvalue weighted by molar-refractivity contribution is 7.53. The molecule has 1 aliphatic heterocycles. The third kappa shape index (κ3) is 4.23. The average Bonchev–Trinajstić information content (AvgIpc) is 3.16. The number of fused-ring (bicyclic) bond motifs is 1. The van der Waals surface area contributed by atoms with Crippen molar-refractivity contribution < 1.29 is 42.5 Å². The Morgan fingerprint density at radius 1 is 1.52 bits per heavy atom. The van der Waals surface area contributed by atoms with Gasteiger partial charge < -0.3 is 29.7 Å². The van der Waals surface area contributed by atoms with Gasteiger partial charge in [-0.25, -0.2) is 9.37 Å². The molecule has 12 nitrogen and oxygen atoms in total. The van der Waals surface area contributed by atoms with E-state index in [4.69, 9.17) is 21.1 Å². The third-order valence-electron chi connectivity index (χ3n) is 4.11. The van der Waals surface area contributed by atoms with Gasteiger partial charge in [0.05, 0.1) is 12.9 Å². The molecule has 160 valence electrons. The standard InChI is InChI=1S/C13H15ClF2N5O7P/c1-17-10(23)12(29(24,25)26)27-2-4-7(22)5(15)11(28-4)21-3-18-6-8(16)19-13(14)20-9(6)21/h3-5,7,11-12,22H,2H2,1H3,(H,17,23)(H2,24,25,26)/t4-,5+,7-,11-,12?/m1/s1. The van der Waals surface area contributed by atoms with E-state index in [0.29, 0.717) is 0 Å². The summed E-state index contributed by atoms with van der Waals surface area (Å²) in [5.74, 6) is -4.32. The zero-order chi connectivity index (χ0) is 21.5. The number of likely N-dealkylation sites (N-methyl/N-ethyl adjacent to an activating group) is 1. The quantitative estimate of drug-likeness (QED) is 0.251. The molecular weight excluding hydrogens is 443 g/mol. The van der Waals surface area contributed by atoms with E-state index in [0.717, 1.165) is 17.9 Å². The molecule has 1 amide bonds. The number of halogens is 3. The van der Waals surface area contributed by atoms with Crippen LogP contribution in [0.4, 0.5) is 8.78 Å². The fourth-order valence-electron chi connectivity index (χ4n) is 2.74. The molecule has 5 atom stereocenters. The number of nitrogens with zero attached hydrogens (tertiary/aromatic N) is 4. The number of alkyl halides is 1. The summed E-state index contributed by atoms with van der Waals surface area (Å²) in [7, 11) is -3.86. The Morgan fingerprint density at radius 3 is 2.83 bits per heavy atom. The lowest BCUT2D eigenvalue weighted by molar-refractivity contribution is -0.132. The highest BCUT2D eigenvalue weighted by Gasteiger charge is 2.47. The van der Waals surface area contributed by atoms with E-state index in [2.05, 4.69) is 15.0 Å². The molecule has 3 heterocycles. The number of nitrogens with one attached hydrogen (secondary N) is 1. The van der Waals surface area contributed by atoms with Crippen molar-refractivity contribution in [2.24, 2.45) is 0 Å². The molecule has 0 radical (unpaired) electrons. The summed E-state index contributed by atoms with van der Waals surface area (Å²) in [5.41, 5.74) is -0.497. The Labute approximate surface area is 166 Å². The Balaban J connectivity index is 1.81. The summed E-state index contributed by atoms with van der Waals surface area (Å²) < 4.78 is 51.1. The Hall–Kier alpha value is -1.80. The SMILES string of the molecule is CNC(=O)C(OC[C@H]1O[C@@H](n2cnc3c(F)nc(Cl)nc32)[C@@H](F)[C@@H]1O)P(=O)(O)O. The summed E-state index contributed by atoms with van der Waals surface area (Å²) in [6.07, 6.45) is -5.78. The topological polar surface area (TPSA) is 169 Å². The van der Waals surface area contributed by atoms with E-state index in [1.807, 2.05) is 5.32 Å². The van der Waals surface area contributed by atoms with Crippen LogP contribution < -0.4 is 5.32 Å². The maximum Gasteiger partial charge on any atom is 0.363 e. The molecule has 2 aromatic heterocycles. The molecule has 4 N–H and O–H groups in total. The lowest BCUT2D eigenvalue weighted by atomic mass is 10.1. The van der Waals surface area contributed by atoms with Crippen LogP contribution in [-0.4, -0.2) is 78.2 Å². The molecule has 0 saturated carbocycles. The van der Waals surface area contributed by atoms with Gasteiger partial charge in [-0.15, -0.1) is 0 Å². The number of hydrogen-bond acceptors (Lipinski definition) is 8. The van der Waals surface area contributed by atoms with Gasteiger partial charge in [0, 0.05) is 7.05 Å². The average molecular weight is 458 g/mol. The molecular formula is C13H15ClF2N5O7P. The molecule has 1 saturated heterocycles. The first-order chi connectivity index (χ1) is 13.5. The number of amides is 1. The fourth-order valence-corrected chi connectivity index (χ4v) is 3.61. The number of aromatic nitrogens is 4. The van der Waals surface area contributed by atoms with Crippen molar-refractivity contribution in [3.8, 4) is 0 Å². The Kier molecular flexibility index (Phi) is 6.15. The van der Waals surface area contributed by atoms with Crippen LogP contribution >= 0.6 is 19.2 Å². The second-order valence-electron chi connectivity index (χ2n) is 6.00. The van der Waals surface area contributed by atoms with Gasteiger partial charge in [-0.1, -0.05) is 0 Å². The van der Waals surface area contributed by atoms with Crippen LogP contribution in [0.1, 0.15) is 6.23 Å². The lowest BCUT2D eigenvalue weighted by Gasteiger charge is -2.21. The first-order valence-electron chi connectivity index (χ1n) is 7.96. The van der Waals surface area contributed by atoms with Crippen LogP contribution in [0.5, 0.6) is 0 Å². The first-order valence-corrected chi connectivity index (χ1v) is 10.0. The molecule has 0 spiro atoms. The monoisotopic (exact) mass is 457 g/mol. The highest BCUT2D eigenvalue weighted by Crippen LogP contribution is 2.42. The van der Waals surface area contributed by atoms with Gasteiger partial charge in [0.1, 0.15) is 12.2 Å². The van der Waals surface area contributed by atoms with Gasteiger partial charge in [0.15, 0.2) is 23.6 Å². The third-order valence-corrected chi connectivity index (χ3v) is 5.28. The van der Waals surface area contributed by atoms with E-state index in [9.17, 15) is 33.0 Å². The van der Waals surface area contributed by atoms with Crippen LogP contribution in [0.25, 0.3) is 11.2 Å². The van der Waals surface area contributed by atoms with Crippen LogP contribution in [0.15, 0.2) is 6.33 Å². The largest absolute Gasteiger partial charge is 0.387 e. The maximum atomic E-state index is 14.6. The van der Waals surface area contributed by atoms with Crippen molar-refractivity contribution in [2.75, 3.05) is 13.7 Å². The molecule has 2 aromatic rings. The van der Waals surface area contributed by atoms with Crippen LogP contribution in [-0.2, 0) is 18.8 Å². The van der Waals surface area contributed by atoms with Gasteiger partial charge in [0.2, 0.25) is 17.1 Å².